The van der Waals surface area contributed by atoms with Crippen LogP contribution in [0.4, 0.5) is 11.4 Å². The van der Waals surface area contributed by atoms with Crippen molar-refractivity contribution in [1.82, 2.24) is 10.3 Å². The summed E-state index contributed by atoms with van der Waals surface area (Å²) in [6.07, 6.45) is 1.27. The third kappa shape index (κ3) is 1.71. The summed E-state index contributed by atoms with van der Waals surface area (Å²) < 4.78 is 4.73. The lowest BCUT2D eigenvalue weighted by molar-refractivity contribution is 0.315. The van der Waals surface area contributed by atoms with Gasteiger partial charge < -0.3 is 11.1 Å². The van der Waals surface area contributed by atoms with E-state index in [1.165, 1.54) is 6.42 Å². The predicted molar refractivity (Wildman–Crippen MR) is 66.6 cm³/mol. The van der Waals surface area contributed by atoms with Crippen molar-refractivity contribution in [2.24, 2.45) is 11.3 Å². The first kappa shape index (κ1) is 10.4. The molecule has 1 saturated carbocycles. The van der Waals surface area contributed by atoms with Crippen LogP contribution in [0.3, 0.4) is 0 Å². The third-order valence-electron chi connectivity index (χ3n) is 3.70. The van der Waals surface area contributed by atoms with Crippen LogP contribution < -0.4 is 11.1 Å². The summed E-state index contributed by atoms with van der Waals surface area (Å²) >= 11 is 0. The quantitative estimate of drug-likeness (QED) is 0.794. The van der Waals surface area contributed by atoms with Gasteiger partial charge in [0.1, 0.15) is 0 Å². The van der Waals surface area contributed by atoms with Crippen LogP contribution in [-0.2, 0) is 0 Å². The number of rotatable bonds is 3. The smallest absolute Gasteiger partial charge is 0.160 e. The van der Waals surface area contributed by atoms with Crippen LogP contribution in [0.5, 0.6) is 0 Å². The van der Waals surface area contributed by atoms with Crippen molar-refractivity contribution >= 4 is 22.4 Å². The lowest BCUT2D eigenvalue weighted by atomic mass is 10.1. The van der Waals surface area contributed by atoms with Gasteiger partial charge in [0.15, 0.2) is 11.0 Å². The van der Waals surface area contributed by atoms with Crippen LogP contribution in [0.1, 0.15) is 20.3 Å². The fourth-order valence-electron chi connectivity index (χ4n) is 2.19. The van der Waals surface area contributed by atoms with Gasteiger partial charge >= 0.3 is 0 Å². The number of nitrogen functional groups attached to an aromatic ring is 1. The van der Waals surface area contributed by atoms with Crippen LogP contribution in [-0.4, -0.2) is 16.9 Å². The maximum absolute atomic E-state index is 5.79. The van der Waals surface area contributed by atoms with Gasteiger partial charge in [-0.15, -0.1) is 0 Å². The fraction of sp³-hybridized carbons (Fsp3) is 0.500. The maximum Gasteiger partial charge on any atom is 0.160 e. The van der Waals surface area contributed by atoms with Crippen molar-refractivity contribution in [3.05, 3.63) is 12.1 Å². The third-order valence-corrected chi connectivity index (χ3v) is 3.70. The molecule has 1 unspecified atom stereocenters. The Balaban J connectivity index is 1.81. The van der Waals surface area contributed by atoms with Crippen LogP contribution in [0.25, 0.3) is 11.0 Å². The van der Waals surface area contributed by atoms with Crippen LogP contribution in [0.15, 0.2) is 16.8 Å². The molecule has 1 aliphatic carbocycles. The topological polar surface area (TPSA) is 77.0 Å². The van der Waals surface area contributed by atoms with E-state index in [-0.39, 0.29) is 0 Å². The number of aromatic nitrogens is 2. The SMILES string of the molecule is CC1(C)CC1CNc1ccc(N)c2nonc12. The van der Waals surface area contributed by atoms with E-state index in [0.29, 0.717) is 22.1 Å². The second kappa shape index (κ2) is 3.35. The van der Waals surface area contributed by atoms with Crippen LogP contribution >= 0.6 is 0 Å². The van der Waals surface area contributed by atoms with Gasteiger partial charge in [-0.3, -0.25) is 0 Å². The van der Waals surface area contributed by atoms with Crippen molar-refractivity contribution in [2.75, 3.05) is 17.6 Å². The fourth-order valence-corrected chi connectivity index (χ4v) is 2.19. The molecule has 0 amide bonds. The monoisotopic (exact) mass is 232 g/mol. The molecule has 0 spiro atoms. The highest BCUT2D eigenvalue weighted by atomic mass is 16.6. The molecule has 90 valence electrons. The summed E-state index contributed by atoms with van der Waals surface area (Å²) in [4.78, 5) is 0. The Hall–Kier alpha value is -1.78. The van der Waals surface area contributed by atoms with E-state index in [0.717, 1.165) is 18.2 Å². The zero-order valence-corrected chi connectivity index (χ0v) is 10.0. The first-order valence-corrected chi connectivity index (χ1v) is 5.82. The van der Waals surface area contributed by atoms with Crippen molar-refractivity contribution in [2.45, 2.75) is 20.3 Å². The first-order chi connectivity index (χ1) is 8.08. The second-order valence-electron chi connectivity index (χ2n) is 5.43. The first-order valence-electron chi connectivity index (χ1n) is 5.82. The zero-order valence-electron chi connectivity index (χ0n) is 10.0. The van der Waals surface area contributed by atoms with Crippen molar-refractivity contribution in [3.63, 3.8) is 0 Å². The molecule has 17 heavy (non-hydrogen) atoms. The van der Waals surface area contributed by atoms with Gasteiger partial charge in [0, 0.05) is 6.54 Å². The number of nitrogens with one attached hydrogen (secondary N) is 1. The van der Waals surface area contributed by atoms with Crippen molar-refractivity contribution in [3.8, 4) is 0 Å². The van der Waals surface area contributed by atoms with E-state index in [1.807, 2.05) is 12.1 Å². The Kier molecular flexibility index (Phi) is 2.05. The number of anilines is 2. The number of fused-ring (bicyclic) bond motifs is 1. The number of hydrogen-bond donors (Lipinski definition) is 2. The number of hydrogen-bond acceptors (Lipinski definition) is 5. The highest BCUT2D eigenvalue weighted by Crippen LogP contribution is 2.51. The minimum atomic E-state index is 0.474. The Morgan fingerprint density at radius 3 is 2.82 bits per heavy atom. The van der Waals surface area contributed by atoms with Crippen molar-refractivity contribution < 1.29 is 4.63 Å². The lowest BCUT2D eigenvalue weighted by Gasteiger charge is -2.08. The van der Waals surface area contributed by atoms with Gasteiger partial charge in [0.05, 0.1) is 11.4 Å². The molecule has 1 aromatic carbocycles. The molecule has 1 heterocycles. The van der Waals surface area contributed by atoms with Gasteiger partial charge in [0.25, 0.3) is 0 Å². The van der Waals surface area contributed by atoms with Crippen molar-refractivity contribution in [1.29, 1.82) is 0 Å². The second-order valence-corrected chi connectivity index (χ2v) is 5.43. The standard InChI is InChI=1S/C12H16N4O/c1-12(2)5-7(12)6-14-9-4-3-8(13)10-11(9)16-17-15-10/h3-4,7,14H,5-6,13H2,1-2H3. The molecular weight excluding hydrogens is 216 g/mol. The molecule has 1 aliphatic rings. The Morgan fingerprint density at radius 1 is 1.41 bits per heavy atom. The Bertz CT molecular complexity index is 561. The van der Waals surface area contributed by atoms with E-state index >= 15 is 0 Å². The Morgan fingerprint density at radius 2 is 2.12 bits per heavy atom. The molecule has 1 fully saturated rings. The van der Waals surface area contributed by atoms with E-state index in [1.54, 1.807) is 0 Å². The molecule has 0 saturated heterocycles. The van der Waals surface area contributed by atoms with Gasteiger partial charge in [-0.25, -0.2) is 4.63 Å². The molecule has 5 heteroatoms. The van der Waals surface area contributed by atoms with Crippen LogP contribution in [0.2, 0.25) is 0 Å². The van der Waals surface area contributed by atoms with Gasteiger partial charge in [-0.05, 0) is 40.2 Å². The minimum absolute atomic E-state index is 0.474. The molecule has 1 atom stereocenters. The lowest BCUT2D eigenvalue weighted by Crippen LogP contribution is -2.07. The summed E-state index contributed by atoms with van der Waals surface area (Å²) in [7, 11) is 0. The zero-order chi connectivity index (χ0) is 12.0. The minimum Gasteiger partial charge on any atom is -0.397 e. The highest BCUT2D eigenvalue weighted by molar-refractivity contribution is 5.94. The molecule has 0 radical (unpaired) electrons. The summed E-state index contributed by atoms with van der Waals surface area (Å²) in [6, 6.07) is 3.75. The molecular formula is C12H16N4O. The average molecular weight is 232 g/mol. The van der Waals surface area contributed by atoms with E-state index in [2.05, 4.69) is 29.5 Å². The van der Waals surface area contributed by atoms with E-state index < -0.39 is 0 Å². The van der Waals surface area contributed by atoms with Gasteiger partial charge in [-0.1, -0.05) is 13.8 Å². The molecule has 5 nitrogen and oxygen atoms in total. The summed E-state index contributed by atoms with van der Waals surface area (Å²) in [6.45, 7) is 5.53. The molecule has 2 aromatic rings. The predicted octanol–water partition coefficient (Wildman–Crippen LogP) is 2.26. The molecule has 1 aromatic heterocycles. The largest absolute Gasteiger partial charge is 0.397 e. The average Bonchev–Trinajstić information content (AvgIpc) is 2.73. The number of nitrogens with two attached hydrogens (primary N) is 1. The highest BCUT2D eigenvalue weighted by Gasteiger charge is 2.44. The summed E-state index contributed by atoms with van der Waals surface area (Å²) in [5.41, 5.74) is 9.14. The summed E-state index contributed by atoms with van der Waals surface area (Å²) in [5, 5.41) is 11.1. The van der Waals surface area contributed by atoms with Gasteiger partial charge in [-0.2, -0.15) is 0 Å². The maximum atomic E-state index is 5.79. The Labute approximate surface area is 99.3 Å². The summed E-state index contributed by atoms with van der Waals surface area (Å²) in [5.74, 6) is 0.731. The van der Waals surface area contributed by atoms with Gasteiger partial charge in [0.2, 0.25) is 0 Å². The molecule has 3 N–H and O–H groups in total. The molecule has 3 rings (SSSR count). The van der Waals surface area contributed by atoms with E-state index in [4.69, 9.17) is 10.4 Å². The van der Waals surface area contributed by atoms with E-state index in [9.17, 15) is 0 Å². The number of nitrogens with zero attached hydrogens (tertiary/aromatic N) is 2. The normalized spacial score (nSPS) is 21.6. The molecule has 0 aliphatic heterocycles. The molecule has 0 bridgehead atoms. The number of benzene rings is 1. The van der Waals surface area contributed by atoms with Crippen LogP contribution in [0, 0.1) is 11.3 Å².